The Morgan fingerprint density at radius 1 is 1.00 bits per heavy atom. The van der Waals surface area contributed by atoms with Gasteiger partial charge in [0.1, 0.15) is 6.29 Å². The molecule has 0 bridgehead atoms. The minimum atomic E-state index is 0.724. The summed E-state index contributed by atoms with van der Waals surface area (Å²) in [5.74, 6) is 0. The number of aldehydes is 1. The molecule has 0 unspecified atom stereocenters. The van der Waals surface area contributed by atoms with Crippen LogP contribution in [-0.4, -0.2) is 6.29 Å². The average Bonchev–Trinajstić information content (AvgIpc) is 2.03. The van der Waals surface area contributed by atoms with Gasteiger partial charge >= 0.3 is 0 Å². The fraction of sp³-hybridized carbons (Fsp3) is 0.700. The lowest BCUT2D eigenvalue weighted by atomic mass is 10.2. The fourth-order valence-electron chi connectivity index (χ4n) is 0.892. The smallest absolute Gasteiger partial charge is 0.119 e. The molecule has 0 radical (unpaired) electrons. The molecule has 0 aromatic heterocycles. The number of rotatable bonds is 7. The van der Waals surface area contributed by atoms with E-state index in [1.807, 2.05) is 0 Å². The summed E-state index contributed by atoms with van der Waals surface area (Å²) in [5, 5.41) is 0. The molecule has 0 atom stereocenters. The van der Waals surface area contributed by atoms with Gasteiger partial charge in [-0.05, 0) is 25.7 Å². The third kappa shape index (κ3) is 9.41. The second kappa shape index (κ2) is 9.41. The molecule has 1 heteroatoms. The molecule has 1 nitrogen and oxygen atoms in total. The molecule has 0 saturated carbocycles. The summed E-state index contributed by atoms with van der Waals surface area (Å²) in [7, 11) is 0. The summed E-state index contributed by atoms with van der Waals surface area (Å²) < 4.78 is 0. The Hall–Kier alpha value is -0.590. The average molecular weight is 154 g/mol. The van der Waals surface area contributed by atoms with Crippen molar-refractivity contribution in [1.82, 2.24) is 0 Å². The summed E-state index contributed by atoms with van der Waals surface area (Å²) >= 11 is 0. The molecule has 0 fully saturated rings. The van der Waals surface area contributed by atoms with Gasteiger partial charge in [0.05, 0.1) is 0 Å². The van der Waals surface area contributed by atoms with Crippen LogP contribution in [0.3, 0.4) is 0 Å². The highest BCUT2D eigenvalue weighted by Gasteiger charge is 1.83. The molecule has 0 rings (SSSR count). The van der Waals surface area contributed by atoms with E-state index in [1.54, 1.807) is 0 Å². The topological polar surface area (TPSA) is 17.1 Å². The van der Waals surface area contributed by atoms with Crippen LogP contribution in [0.15, 0.2) is 12.2 Å². The van der Waals surface area contributed by atoms with Crippen molar-refractivity contribution in [3.8, 4) is 0 Å². The van der Waals surface area contributed by atoms with Gasteiger partial charge in [-0.3, -0.25) is 0 Å². The van der Waals surface area contributed by atoms with Crippen LogP contribution in [0.1, 0.15) is 45.4 Å². The first-order valence-electron chi connectivity index (χ1n) is 4.50. The molecular weight excluding hydrogens is 136 g/mol. The van der Waals surface area contributed by atoms with Gasteiger partial charge in [-0.25, -0.2) is 0 Å². The number of unbranched alkanes of at least 4 members (excludes halogenated alkanes) is 4. The lowest BCUT2D eigenvalue weighted by Crippen LogP contribution is -1.75. The van der Waals surface area contributed by atoms with Crippen molar-refractivity contribution in [1.29, 1.82) is 0 Å². The monoisotopic (exact) mass is 154 g/mol. The zero-order chi connectivity index (χ0) is 8.36. The standard InChI is InChI=1S/C10H18O/c1-2-3-4-5-6-7-8-9-10-11/h4-5,10H,2-3,6-9H2,1H3/b5-4-. The van der Waals surface area contributed by atoms with Crippen molar-refractivity contribution >= 4 is 6.29 Å². The number of hydrogen-bond acceptors (Lipinski definition) is 1. The van der Waals surface area contributed by atoms with Gasteiger partial charge in [-0.15, -0.1) is 0 Å². The van der Waals surface area contributed by atoms with Gasteiger partial charge in [0.15, 0.2) is 0 Å². The third-order valence-electron chi connectivity index (χ3n) is 1.56. The van der Waals surface area contributed by atoms with E-state index in [-0.39, 0.29) is 0 Å². The molecule has 11 heavy (non-hydrogen) atoms. The molecular formula is C10H18O. The van der Waals surface area contributed by atoms with E-state index in [0.29, 0.717) is 0 Å². The molecule has 0 spiro atoms. The molecule has 0 aliphatic heterocycles. The molecule has 0 aliphatic carbocycles. The first kappa shape index (κ1) is 10.4. The van der Waals surface area contributed by atoms with E-state index >= 15 is 0 Å². The van der Waals surface area contributed by atoms with Gasteiger partial charge in [0, 0.05) is 6.42 Å². The van der Waals surface area contributed by atoms with Crippen LogP contribution in [0, 0.1) is 0 Å². The zero-order valence-corrected chi connectivity index (χ0v) is 7.38. The van der Waals surface area contributed by atoms with Gasteiger partial charge in [-0.2, -0.15) is 0 Å². The van der Waals surface area contributed by atoms with E-state index in [2.05, 4.69) is 19.1 Å². The molecule has 0 aliphatic rings. The lowest BCUT2D eigenvalue weighted by Gasteiger charge is -1.90. The van der Waals surface area contributed by atoms with Gasteiger partial charge in [-0.1, -0.05) is 25.5 Å². The third-order valence-corrected chi connectivity index (χ3v) is 1.56. The molecule has 64 valence electrons. The van der Waals surface area contributed by atoms with Crippen LogP contribution in [0.5, 0.6) is 0 Å². The van der Waals surface area contributed by atoms with E-state index in [9.17, 15) is 4.79 Å². The Morgan fingerprint density at radius 3 is 2.27 bits per heavy atom. The number of carbonyl (C=O) groups excluding carboxylic acids is 1. The highest BCUT2D eigenvalue weighted by molar-refractivity contribution is 5.48. The maximum atomic E-state index is 9.92. The molecule has 0 aromatic rings. The summed E-state index contributed by atoms with van der Waals surface area (Å²) in [6, 6.07) is 0. The van der Waals surface area contributed by atoms with E-state index in [0.717, 1.165) is 32.0 Å². The molecule has 0 saturated heterocycles. The minimum absolute atomic E-state index is 0.724. The molecule has 0 heterocycles. The van der Waals surface area contributed by atoms with Crippen LogP contribution in [0.4, 0.5) is 0 Å². The second-order valence-corrected chi connectivity index (χ2v) is 2.71. The van der Waals surface area contributed by atoms with Crippen molar-refractivity contribution in [2.45, 2.75) is 45.4 Å². The maximum absolute atomic E-state index is 9.92. The first-order valence-corrected chi connectivity index (χ1v) is 4.50. The van der Waals surface area contributed by atoms with Crippen molar-refractivity contribution in [2.24, 2.45) is 0 Å². The SMILES string of the molecule is CCC/C=C\CCCCC=O. The lowest BCUT2D eigenvalue weighted by molar-refractivity contribution is -0.107. The summed E-state index contributed by atoms with van der Waals surface area (Å²) in [6.07, 6.45) is 11.9. The predicted molar refractivity (Wildman–Crippen MR) is 48.6 cm³/mol. The van der Waals surface area contributed by atoms with Crippen LogP contribution >= 0.6 is 0 Å². The molecule has 0 amide bonds. The maximum Gasteiger partial charge on any atom is 0.119 e. The summed E-state index contributed by atoms with van der Waals surface area (Å²) in [4.78, 5) is 9.92. The minimum Gasteiger partial charge on any atom is -0.303 e. The van der Waals surface area contributed by atoms with Crippen molar-refractivity contribution < 1.29 is 4.79 Å². The number of allylic oxidation sites excluding steroid dienone is 2. The molecule has 0 aromatic carbocycles. The Bertz CT molecular complexity index is 105. The predicted octanol–water partition coefficient (Wildman–Crippen LogP) is 3.10. The van der Waals surface area contributed by atoms with Gasteiger partial charge in [0.2, 0.25) is 0 Å². The fourth-order valence-corrected chi connectivity index (χ4v) is 0.892. The second-order valence-electron chi connectivity index (χ2n) is 2.71. The Labute approximate surface area is 69.5 Å². The number of carbonyl (C=O) groups is 1. The highest BCUT2D eigenvalue weighted by atomic mass is 16.1. The largest absolute Gasteiger partial charge is 0.303 e. The van der Waals surface area contributed by atoms with Crippen LogP contribution in [0.25, 0.3) is 0 Å². The van der Waals surface area contributed by atoms with Crippen molar-refractivity contribution in [3.05, 3.63) is 12.2 Å². The van der Waals surface area contributed by atoms with E-state index in [4.69, 9.17) is 0 Å². The number of hydrogen-bond donors (Lipinski definition) is 0. The van der Waals surface area contributed by atoms with Crippen molar-refractivity contribution in [3.63, 3.8) is 0 Å². The first-order chi connectivity index (χ1) is 5.41. The summed E-state index contributed by atoms with van der Waals surface area (Å²) in [6.45, 7) is 2.18. The summed E-state index contributed by atoms with van der Waals surface area (Å²) in [5.41, 5.74) is 0. The quantitative estimate of drug-likeness (QED) is 0.313. The van der Waals surface area contributed by atoms with E-state index in [1.165, 1.54) is 12.8 Å². The Morgan fingerprint density at radius 2 is 1.64 bits per heavy atom. The van der Waals surface area contributed by atoms with E-state index < -0.39 is 0 Å². The molecule has 0 N–H and O–H groups in total. The van der Waals surface area contributed by atoms with Crippen LogP contribution in [0.2, 0.25) is 0 Å². The van der Waals surface area contributed by atoms with Gasteiger partial charge < -0.3 is 4.79 Å². The Balaban J connectivity index is 2.94. The Kier molecular flexibility index (Phi) is 8.91. The van der Waals surface area contributed by atoms with Crippen LogP contribution in [-0.2, 0) is 4.79 Å². The normalized spacial score (nSPS) is 10.6. The van der Waals surface area contributed by atoms with Gasteiger partial charge in [0.25, 0.3) is 0 Å². The highest BCUT2D eigenvalue weighted by Crippen LogP contribution is 1.99. The van der Waals surface area contributed by atoms with Crippen molar-refractivity contribution in [2.75, 3.05) is 0 Å². The van der Waals surface area contributed by atoms with Crippen LogP contribution < -0.4 is 0 Å². The zero-order valence-electron chi connectivity index (χ0n) is 7.38.